The Kier molecular flexibility index (Phi) is 34.9. The number of carbonyl (C=O) groups excluding carboxylic acids is 1. The van der Waals surface area contributed by atoms with Gasteiger partial charge in [0.25, 0.3) is 0 Å². The van der Waals surface area contributed by atoms with Crippen molar-refractivity contribution in [3.8, 4) is 0 Å². The van der Waals surface area contributed by atoms with Gasteiger partial charge in [0.05, 0.1) is 0 Å². The largest absolute Gasteiger partial charge is 0.481 e. The van der Waals surface area contributed by atoms with Gasteiger partial charge in [-0.15, -0.1) is 0 Å². The Morgan fingerprint density at radius 3 is 1.00 bits per heavy atom. The fourth-order valence-corrected chi connectivity index (χ4v) is 0.636. The molecule has 0 saturated heterocycles. The van der Waals surface area contributed by atoms with Gasteiger partial charge in [-0.1, -0.05) is 6.92 Å². The number of ketones is 1. The van der Waals surface area contributed by atoms with Crippen molar-refractivity contribution in [2.45, 2.75) is 80.1 Å². The van der Waals surface area contributed by atoms with Crippen LogP contribution in [0.15, 0.2) is 0 Å². The second kappa shape index (κ2) is 23.0. The second-order valence-corrected chi connectivity index (χ2v) is 5.19. The molecule has 0 amide bonds. The minimum absolute atomic E-state index is 0. The third-order valence-corrected chi connectivity index (χ3v) is 1.20. The molecule has 0 saturated carbocycles. The SMILES string of the molecule is CC(C)O.CC(C)O.CC(C)O.CCC(C(C)=O)C(=O)O.[Ti]. The summed E-state index contributed by atoms with van der Waals surface area (Å²) in [5.74, 6) is -2.10. The van der Waals surface area contributed by atoms with Crippen LogP contribution >= 0.6 is 0 Å². The number of aliphatic hydroxyl groups is 3. The molecule has 0 fully saturated rings. The average Bonchev–Trinajstić information content (AvgIpc) is 2.13. The molecule has 0 rings (SSSR count). The average molecular weight is 358 g/mol. The van der Waals surface area contributed by atoms with Gasteiger partial charge in [0.2, 0.25) is 0 Å². The maximum absolute atomic E-state index is 10.4. The maximum Gasteiger partial charge on any atom is 0.314 e. The molecule has 0 spiro atoms. The van der Waals surface area contributed by atoms with Crippen LogP contribution in [0.5, 0.6) is 0 Å². The Hall–Kier alpha value is -0.266. The van der Waals surface area contributed by atoms with Gasteiger partial charge in [-0.05, 0) is 54.9 Å². The predicted octanol–water partition coefficient (Wildman–Crippen LogP) is 1.84. The maximum atomic E-state index is 10.4. The molecule has 134 valence electrons. The second-order valence-electron chi connectivity index (χ2n) is 5.19. The molecule has 0 aliphatic rings. The number of hydrogen-bond donors (Lipinski definition) is 4. The standard InChI is InChI=1S/C6H10O3.3C3H8O.Ti/c1-3-5(4(2)7)6(8)9;3*1-3(2)4;/h5H,3H2,1-2H3,(H,8,9);3*3-4H,1-2H3;. The molecular weight excluding hydrogens is 324 g/mol. The number of aliphatic carboxylic acids is 1. The molecule has 4 N–H and O–H groups in total. The summed E-state index contributed by atoms with van der Waals surface area (Å²) in [6.07, 6.45) is -0.120. The van der Waals surface area contributed by atoms with E-state index < -0.39 is 11.9 Å². The van der Waals surface area contributed by atoms with Crippen molar-refractivity contribution >= 4 is 11.8 Å². The zero-order valence-electron chi connectivity index (χ0n) is 15.1. The molecule has 0 aromatic heterocycles. The third kappa shape index (κ3) is 73.1. The summed E-state index contributed by atoms with van der Waals surface area (Å²) in [6.45, 7) is 13.3. The normalized spacial score (nSPS) is 10.1. The van der Waals surface area contributed by atoms with E-state index in [-0.39, 0.29) is 45.8 Å². The van der Waals surface area contributed by atoms with E-state index in [4.69, 9.17) is 20.4 Å². The van der Waals surface area contributed by atoms with Crippen LogP contribution in [0.3, 0.4) is 0 Å². The first-order chi connectivity index (χ1) is 9.29. The zero-order valence-corrected chi connectivity index (χ0v) is 16.7. The van der Waals surface area contributed by atoms with E-state index in [9.17, 15) is 9.59 Å². The molecule has 0 aromatic rings. The van der Waals surface area contributed by atoms with Gasteiger partial charge in [0, 0.05) is 40.0 Å². The first-order valence-corrected chi connectivity index (χ1v) is 7.06. The Bertz CT molecular complexity index is 206. The number of carboxylic acids is 1. The van der Waals surface area contributed by atoms with E-state index in [0.717, 1.165) is 0 Å². The molecule has 7 heteroatoms. The van der Waals surface area contributed by atoms with Crippen LogP contribution in [-0.4, -0.2) is 50.5 Å². The number of carboxylic acid groups (broad SMARTS) is 1. The van der Waals surface area contributed by atoms with Crippen molar-refractivity contribution in [1.82, 2.24) is 0 Å². The van der Waals surface area contributed by atoms with Crippen LogP contribution in [-0.2, 0) is 31.3 Å². The van der Waals surface area contributed by atoms with E-state index in [1.807, 2.05) is 0 Å². The van der Waals surface area contributed by atoms with Gasteiger partial charge >= 0.3 is 5.97 Å². The van der Waals surface area contributed by atoms with Gasteiger partial charge in [-0.2, -0.15) is 0 Å². The zero-order chi connectivity index (χ0) is 18.2. The van der Waals surface area contributed by atoms with Gasteiger partial charge < -0.3 is 20.4 Å². The quantitative estimate of drug-likeness (QED) is 0.452. The van der Waals surface area contributed by atoms with Crippen molar-refractivity contribution in [1.29, 1.82) is 0 Å². The van der Waals surface area contributed by atoms with Crippen LogP contribution in [0.4, 0.5) is 0 Å². The molecule has 0 aromatic carbocycles. The molecule has 1 unspecified atom stereocenters. The van der Waals surface area contributed by atoms with E-state index >= 15 is 0 Å². The Morgan fingerprint density at radius 1 is 0.818 bits per heavy atom. The Morgan fingerprint density at radius 2 is 1.00 bits per heavy atom. The molecule has 22 heavy (non-hydrogen) atoms. The number of aliphatic hydroxyl groups excluding tert-OH is 3. The third-order valence-electron chi connectivity index (χ3n) is 1.20. The van der Waals surface area contributed by atoms with Crippen molar-refractivity contribution in [2.75, 3.05) is 0 Å². The van der Waals surface area contributed by atoms with Gasteiger partial charge in [-0.25, -0.2) is 0 Å². The Labute approximate surface area is 149 Å². The van der Waals surface area contributed by atoms with Crippen LogP contribution in [0.25, 0.3) is 0 Å². The van der Waals surface area contributed by atoms with Crippen LogP contribution in [0, 0.1) is 5.92 Å². The molecule has 6 nitrogen and oxygen atoms in total. The minimum Gasteiger partial charge on any atom is -0.481 e. The molecule has 0 bridgehead atoms. The summed E-state index contributed by atoms with van der Waals surface area (Å²) in [5.41, 5.74) is 0. The molecule has 0 aliphatic heterocycles. The van der Waals surface area contributed by atoms with Crippen LogP contribution in [0.2, 0.25) is 0 Å². The molecule has 1 atom stereocenters. The summed E-state index contributed by atoms with van der Waals surface area (Å²) < 4.78 is 0. The van der Waals surface area contributed by atoms with Crippen LogP contribution < -0.4 is 0 Å². The fourth-order valence-electron chi connectivity index (χ4n) is 0.636. The van der Waals surface area contributed by atoms with Crippen molar-refractivity contribution in [3.63, 3.8) is 0 Å². The number of carbonyl (C=O) groups is 2. The minimum atomic E-state index is -1.02. The summed E-state index contributed by atoms with van der Waals surface area (Å²) in [6, 6.07) is 0. The first kappa shape index (κ1) is 33.4. The Balaban J connectivity index is -0.0000000632. The monoisotopic (exact) mass is 358 g/mol. The number of hydrogen-bond acceptors (Lipinski definition) is 5. The topological polar surface area (TPSA) is 115 Å². The van der Waals surface area contributed by atoms with Crippen molar-refractivity contribution in [2.24, 2.45) is 5.92 Å². The smallest absolute Gasteiger partial charge is 0.314 e. The van der Waals surface area contributed by atoms with Gasteiger partial charge in [0.15, 0.2) is 0 Å². The van der Waals surface area contributed by atoms with Crippen molar-refractivity contribution in [3.05, 3.63) is 0 Å². The summed E-state index contributed by atoms with van der Waals surface area (Å²) in [5, 5.41) is 32.5. The number of Topliss-reactive ketones (excluding diaryl/α,β-unsaturated/α-hetero) is 1. The molecular formula is C15H34O6Ti. The van der Waals surface area contributed by atoms with Gasteiger partial charge in [0.1, 0.15) is 11.7 Å². The summed E-state index contributed by atoms with van der Waals surface area (Å²) in [7, 11) is 0. The van der Waals surface area contributed by atoms with E-state index in [1.54, 1.807) is 48.5 Å². The first-order valence-electron chi connectivity index (χ1n) is 7.06. The van der Waals surface area contributed by atoms with Crippen molar-refractivity contribution < 1.29 is 51.7 Å². The fraction of sp³-hybridized carbons (Fsp3) is 0.867. The summed E-state index contributed by atoms with van der Waals surface area (Å²) in [4.78, 5) is 20.6. The van der Waals surface area contributed by atoms with Crippen LogP contribution in [0.1, 0.15) is 61.8 Å². The predicted molar refractivity (Wildman–Crippen MR) is 84.2 cm³/mol. The molecule has 0 radical (unpaired) electrons. The summed E-state index contributed by atoms with van der Waals surface area (Å²) >= 11 is 0. The van der Waals surface area contributed by atoms with E-state index in [1.165, 1.54) is 6.92 Å². The van der Waals surface area contributed by atoms with E-state index in [0.29, 0.717) is 6.42 Å². The number of rotatable bonds is 3. The van der Waals surface area contributed by atoms with Gasteiger partial charge in [-0.3, -0.25) is 9.59 Å². The molecule has 0 aliphatic carbocycles. The molecule has 0 heterocycles. The van der Waals surface area contributed by atoms with E-state index in [2.05, 4.69) is 0 Å².